The lowest BCUT2D eigenvalue weighted by molar-refractivity contribution is -0.117. The van der Waals surface area contributed by atoms with Crippen LogP contribution in [0.25, 0.3) is 0 Å². The highest BCUT2D eigenvalue weighted by atomic mass is 32.2. The van der Waals surface area contributed by atoms with Gasteiger partial charge in [-0.3, -0.25) is 0 Å². The van der Waals surface area contributed by atoms with Crippen molar-refractivity contribution in [3.8, 4) is 0 Å². The van der Waals surface area contributed by atoms with Gasteiger partial charge in [0.25, 0.3) is 0 Å². The fourth-order valence-corrected chi connectivity index (χ4v) is 1.92. The lowest BCUT2D eigenvalue weighted by Gasteiger charge is -2.18. The zero-order valence-corrected chi connectivity index (χ0v) is 10.2. The lowest BCUT2D eigenvalue weighted by Crippen LogP contribution is -2.35. The average molecular weight is 301 g/mol. The second-order valence-corrected chi connectivity index (χ2v) is 5.21. The predicted octanol–water partition coefficient (Wildman–Crippen LogP) is 1.23. The number of sulfonamides is 1. The molecule has 10 heteroatoms. The zero-order valence-electron chi connectivity index (χ0n) is 9.41. The van der Waals surface area contributed by atoms with E-state index in [0.717, 1.165) is 6.07 Å². The maximum Gasteiger partial charge on any atom is 0.324 e. The number of alkyl halides is 4. The molecule has 1 rings (SSSR count). The van der Waals surface area contributed by atoms with Crippen molar-refractivity contribution in [3.05, 3.63) is 18.2 Å². The molecule has 0 aliphatic carbocycles. The van der Waals surface area contributed by atoms with Crippen LogP contribution >= 0.6 is 0 Å². The summed E-state index contributed by atoms with van der Waals surface area (Å²) in [7, 11) is -4.13. The summed E-state index contributed by atoms with van der Waals surface area (Å²) in [6.45, 7) is -1.39. The van der Waals surface area contributed by atoms with Gasteiger partial charge in [0.15, 0.2) is 0 Å². The van der Waals surface area contributed by atoms with E-state index < -0.39 is 39.5 Å². The Morgan fingerprint density at radius 2 is 1.89 bits per heavy atom. The number of para-hydroxylation sites is 1. The first-order valence-electron chi connectivity index (χ1n) is 4.87. The number of nitrogens with one attached hydrogen (secondary N) is 1. The molecule has 0 bridgehead atoms. The van der Waals surface area contributed by atoms with Crippen LogP contribution < -0.4 is 16.2 Å². The highest BCUT2D eigenvalue weighted by Gasteiger charge is 2.40. The SMILES string of the molecule is Nc1c(NCC(F)(F)C(F)F)cccc1S(N)(=O)=O. The number of nitrogen functional groups attached to an aromatic ring is 1. The van der Waals surface area contributed by atoms with Crippen LogP contribution in [0.5, 0.6) is 0 Å². The fraction of sp³-hybridized carbons (Fsp3) is 0.333. The minimum Gasteiger partial charge on any atom is -0.396 e. The summed E-state index contributed by atoms with van der Waals surface area (Å²) in [4.78, 5) is -0.474. The molecule has 0 amide bonds. The third-order valence-corrected chi connectivity index (χ3v) is 3.18. The van der Waals surface area contributed by atoms with Crippen LogP contribution in [0.2, 0.25) is 0 Å². The highest BCUT2D eigenvalue weighted by Crippen LogP contribution is 2.28. The number of hydrogen-bond acceptors (Lipinski definition) is 4. The van der Waals surface area contributed by atoms with Gasteiger partial charge >= 0.3 is 12.3 Å². The second kappa shape index (κ2) is 5.21. The van der Waals surface area contributed by atoms with Crippen molar-refractivity contribution in [3.63, 3.8) is 0 Å². The van der Waals surface area contributed by atoms with Crippen molar-refractivity contribution >= 4 is 21.4 Å². The van der Waals surface area contributed by atoms with Crippen LogP contribution in [0.1, 0.15) is 0 Å². The number of primary sulfonamides is 1. The van der Waals surface area contributed by atoms with Gasteiger partial charge in [0.05, 0.1) is 17.9 Å². The Labute approximate surface area is 106 Å². The average Bonchev–Trinajstić information content (AvgIpc) is 2.25. The van der Waals surface area contributed by atoms with Crippen LogP contribution in [-0.4, -0.2) is 27.3 Å². The summed E-state index contributed by atoms with van der Waals surface area (Å²) in [5, 5.41) is 6.82. The van der Waals surface area contributed by atoms with Crippen LogP contribution in [0.15, 0.2) is 23.1 Å². The first-order valence-corrected chi connectivity index (χ1v) is 6.41. The molecule has 0 heterocycles. The molecule has 0 radical (unpaired) electrons. The Hall–Kier alpha value is -1.55. The van der Waals surface area contributed by atoms with Crippen LogP contribution in [0.3, 0.4) is 0 Å². The zero-order chi connectivity index (χ0) is 14.8. The molecule has 0 unspecified atom stereocenters. The number of benzene rings is 1. The Kier molecular flexibility index (Phi) is 4.25. The van der Waals surface area contributed by atoms with E-state index in [1.165, 1.54) is 12.1 Å². The summed E-state index contributed by atoms with van der Waals surface area (Å²) in [5.74, 6) is -4.26. The van der Waals surface area contributed by atoms with Crippen molar-refractivity contribution in [2.75, 3.05) is 17.6 Å². The predicted molar refractivity (Wildman–Crippen MR) is 61.7 cm³/mol. The quantitative estimate of drug-likeness (QED) is 0.562. The van der Waals surface area contributed by atoms with Gasteiger partial charge < -0.3 is 11.1 Å². The van der Waals surface area contributed by atoms with E-state index in [1.807, 2.05) is 5.32 Å². The van der Waals surface area contributed by atoms with Crippen molar-refractivity contribution in [2.45, 2.75) is 17.2 Å². The monoisotopic (exact) mass is 301 g/mol. The van der Waals surface area contributed by atoms with Crippen molar-refractivity contribution in [1.29, 1.82) is 0 Å². The van der Waals surface area contributed by atoms with E-state index >= 15 is 0 Å². The third kappa shape index (κ3) is 3.70. The van der Waals surface area contributed by atoms with Gasteiger partial charge in [-0.25, -0.2) is 22.3 Å². The molecule has 0 aliphatic heterocycles. The van der Waals surface area contributed by atoms with Gasteiger partial charge in [-0.2, -0.15) is 8.78 Å². The van der Waals surface area contributed by atoms with Crippen molar-refractivity contribution in [2.24, 2.45) is 5.14 Å². The number of hydrogen-bond donors (Lipinski definition) is 3. The molecule has 0 saturated carbocycles. The molecular weight excluding hydrogens is 290 g/mol. The lowest BCUT2D eigenvalue weighted by atomic mass is 10.2. The molecule has 1 aromatic rings. The summed E-state index contributed by atoms with van der Waals surface area (Å²) >= 11 is 0. The van der Waals surface area contributed by atoms with Gasteiger partial charge in [0, 0.05) is 0 Å². The summed E-state index contributed by atoms with van der Waals surface area (Å²) in [6.07, 6.45) is -3.84. The Morgan fingerprint density at radius 3 is 2.37 bits per heavy atom. The molecule has 5 nitrogen and oxygen atoms in total. The molecule has 19 heavy (non-hydrogen) atoms. The van der Waals surface area contributed by atoms with Crippen LogP contribution in [-0.2, 0) is 10.0 Å². The normalized spacial score (nSPS) is 12.7. The van der Waals surface area contributed by atoms with Gasteiger partial charge in [-0.15, -0.1) is 0 Å². The molecule has 108 valence electrons. The summed E-state index contributed by atoms with van der Waals surface area (Å²) < 4.78 is 71.5. The highest BCUT2D eigenvalue weighted by molar-refractivity contribution is 7.89. The van der Waals surface area contributed by atoms with Gasteiger partial charge in [-0.1, -0.05) is 6.07 Å². The maximum absolute atomic E-state index is 12.7. The molecule has 5 N–H and O–H groups in total. The van der Waals surface area contributed by atoms with Gasteiger partial charge in [-0.05, 0) is 12.1 Å². The van der Waals surface area contributed by atoms with E-state index in [1.54, 1.807) is 0 Å². The van der Waals surface area contributed by atoms with E-state index in [4.69, 9.17) is 10.9 Å². The van der Waals surface area contributed by atoms with E-state index in [2.05, 4.69) is 0 Å². The minimum absolute atomic E-state index is 0.216. The molecule has 0 atom stereocenters. The number of nitrogens with two attached hydrogens (primary N) is 2. The Morgan fingerprint density at radius 1 is 1.32 bits per heavy atom. The second-order valence-electron chi connectivity index (χ2n) is 3.68. The molecular formula is C9H11F4N3O2S. The smallest absolute Gasteiger partial charge is 0.324 e. The standard InChI is InChI=1S/C9H11F4N3O2S/c10-8(11)9(12,13)4-16-5-2-1-3-6(7(5)14)19(15,17)18/h1-3,8,16H,4,14H2,(H2,15,17,18). The largest absolute Gasteiger partial charge is 0.396 e. The Bertz CT molecular complexity index is 563. The van der Waals surface area contributed by atoms with Crippen molar-refractivity contribution in [1.82, 2.24) is 0 Å². The van der Waals surface area contributed by atoms with Gasteiger partial charge in [0.1, 0.15) is 4.90 Å². The molecule has 0 aromatic heterocycles. The molecule has 0 aliphatic rings. The van der Waals surface area contributed by atoms with E-state index in [0.29, 0.717) is 0 Å². The molecule has 0 fully saturated rings. The van der Waals surface area contributed by atoms with E-state index in [9.17, 15) is 26.0 Å². The molecule has 0 saturated heterocycles. The first-order chi connectivity index (χ1) is 8.55. The topological polar surface area (TPSA) is 98.2 Å². The fourth-order valence-electron chi connectivity index (χ4n) is 1.24. The van der Waals surface area contributed by atoms with Crippen LogP contribution in [0.4, 0.5) is 28.9 Å². The maximum atomic E-state index is 12.7. The van der Waals surface area contributed by atoms with Crippen LogP contribution in [0, 0.1) is 0 Å². The van der Waals surface area contributed by atoms with E-state index in [-0.39, 0.29) is 5.69 Å². The molecule has 0 spiro atoms. The minimum atomic E-state index is -4.26. The molecule has 1 aromatic carbocycles. The summed E-state index contributed by atoms with van der Waals surface area (Å²) in [6, 6.07) is 3.44. The third-order valence-electron chi connectivity index (χ3n) is 2.21. The Balaban J connectivity index is 2.99. The first kappa shape index (κ1) is 15.5. The van der Waals surface area contributed by atoms with Crippen molar-refractivity contribution < 1.29 is 26.0 Å². The number of rotatable bonds is 5. The number of anilines is 2. The summed E-state index contributed by atoms with van der Waals surface area (Å²) in [5.41, 5.74) is 4.80. The van der Waals surface area contributed by atoms with Gasteiger partial charge in [0.2, 0.25) is 10.0 Å². The number of halogens is 4.